The summed E-state index contributed by atoms with van der Waals surface area (Å²) >= 11 is 1.82. The normalized spacial score (nSPS) is 22.7. The van der Waals surface area contributed by atoms with Gasteiger partial charge in [-0.1, -0.05) is 12.1 Å². The van der Waals surface area contributed by atoms with Gasteiger partial charge in [0.15, 0.2) is 0 Å². The SMILES string of the molecule is CN1CCC(c2cc(C3C=CN=CC3)c(-c3cccs3)[nH]2)CC1. The zero-order valence-electron chi connectivity index (χ0n) is 13.5. The number of aromatic amines is 1. The molecule has 2 aromatic heterocycles. The van der Waals surface area contributed by atoms with E-state index < -0.39 is 0 Å². The highest BCUT2D eigenvalue weighted by molar-refractivity contribution is 7.13. The lowest BCUT2D eigenvalue weighted by molar-refractivity contribution is 0.253. The van der Waals surface area contributed by atoms with Crippen molar-refractivity contribution >= 4 is 17.6 Å². The van der Waals surface area contributed by atoms with Crippen molar-refractivity contribution in [3.05, 3.63) is 47.1 Å². The number of aliphatic imine (C=N–C) groups is 1. The average Bonchev–Trinajstić information content (AvgIpc) is 3.26. The molecular formula is C19H23N3S. The smallest absolute Gasteiger partial charge is 0.0596 e. The third-order valence-corrected chi connectivity index (χ3v) is 5.95. The number of hydrogen-bond acceptors (Lipinski definition) is 3. The molecule has 23 heavy (non-hydrogen) atoms. The van der Waals surface area contributed by atoms with Gasteiger partial charge in [-0.2, -0.15) is 0 Å². The molecule has 4 heteroatoms. The van der Waals surface area contributed by atoms with Crippen LogP contribution in [0, 0.1) is 0 Å². The van der Waals surface area contributed by atoms with Crippen molar-refractivity contribution in [1.82, 2.24) is 9.88 Å². The van der Waals surface area contributed by atoms with Crippen LogP contribution in [0.2, 0.25) is 0 Å². The van der Waals surface area contributed by atoms with Crippen LogP contribution in [-0.2, 0) is 0 Å². The third kappa shape index (κ3) is 3.06. The van der Waals surface area contributed by atoms with Gasteiger partial charge in [-0.15, -0.1) is 11.3 Å². The quantitative estimate of drug-likeness (QED) is 0.877. The molecule has 120 valence electrons. The van der Waals surface area contributed by atoms with E-state index >= 15 is 0 Å². The molecule has 0 amide bonds. The van der Waals surface area contributed by atoms with E-state index in [9.17, 15) is 0 Å². The van der Waals surface area contributed by atoms with Gasteiger partial charge in [0.1, 0.15) is 0 Å². The summed E-state index contributed by atoms with van der Waals surface area (Å²) in [6.07, 6.45) is 9.71. The number of hydrogen-bond donors (Lipinski definition) is 1. The van der Waals surface area contributed by atoms with Crippen LogP contribution in [0.5, 0.6) is 0 Å². The van der Waals surface area contributed by atoms with Crippen molar-refractivity contribution in [2.24, 2.45) is 4.99 Å². The van der Waals surface area contributed by atoms with E-state index in [4.69, 9.17) is 0 Å². The Morgan fingerprint density at radius 2 is 2.17 bits per heavy atom. The summed E-state index contributed by atoms with van der Waals surface area (Å²) in [6, 6.07) is 6.79. The fraction of sp³-hybridized carbons (Fsp3) is 0.421. The maximum atomic E-state index is 4.23. The molecule has 1 fully saturated rings. The summed E-state index contributed by atoms with van der Waals surface area (Å²) in [4.78, 5) is 11.8. The molecule has 0 bridgehead atoms. The van der Waals surface area contributed by atoms with Crippen molar-refractivity contribution in [1.29, 1.82) is 0 Å². The Kier molecular flexibility index (Phi) is 4.19. The van der Waals surface area contributed by atoms with Crippen LogP contribution in [0.1, 0.15) is 42.4 Å². The van der Waals surface area contributed by atoms with E-state index in [1.54, 1.807) is 0 Å². The van der Waals surface area contributed by atoms with Crippen LogP contribution >= 0.6 is 11.3 Å². The Bertz CT molecular complexity index is 703. The van der Waals surface area contributed by atoms with Crippen LogP contribution in [0.15, 0.2) is 40.8 Å². The standard InChI is InChI=1S/C19H23N3S/c1-22-10-6-15(7-11-22)17-13-16(14-4-8-20-9-5-14)19(21-17)18-3-2-12-23-18/h2-4,8-9,12-15,21H,5-7,10-11H2,1H3. The zero-order chi connectivity index (χ0) is 15.6. The minimum absolute atomic E-state index is 0.445. The lowest BCUT2D eigenvalue weighted by atomic mass is 9.91. The van der Waals surface area contributed by atoms with Crippen LogP contribution in [0.25, 0.3) is 10.6 Å². The first-order valence-electron chi connectivity index (χ1n) is 8.45. The van der Waals surface area contributed by atoms with E-state index in [2.05, 4.69) is 51.6 Å². The summed E-state index contributed by atoms with van der Waals surface area (Å²) in [7, 11) is 2.22. The number of piperidine rings is 1. The molecule has 1 atom stereocenters. The second-order valence-electron chi connectivity index (χ2n) is 6.63. The Labute approximate surface area is 141 Å². The van der Waals surface area contributed by atoms with E-state index in [1.165, 1.54) is 47.8 Å². The monoisotopic (exact) mass is 325 g/mol. The van der Waals surface area contributed by atoms with Gasteiger partial charge in [-0.3, -0.25) is 4.99 Å². The highest BCUT2D eigenvalue weighted by Crippen LogP contribution is 2.38. The maximum absolute atomic E-state index is 4.23. The predicted octanol–water partition coefficient (Wildman–Crippen LogP) is 4.62. The molecule has 2 aliphatic rings. The average molecular weight is 325 g/mol. The second-order valence-corrected chi connectivity index (χ2v) is 7.57. The topological polar surface area (TPSA) is 31.4 Å². The number of allylic oxidation sites excluding steroid dienone is 1. The minimum Gasteiger partial charge on any atom is -0.357 e. The first-order chi connectivity index (χ1) is 11.3. The van der Waals surface area contributed by atoms with Gasteiger partial charge >= 0.3 is 0 Å². The summed E-state index contributed by atoms with van der Waals surface area (Å²) in [5.74, 6) is 1.11. The van der Waals surface area contributed by atoms with Gasteiger partial charge in [-0.25, -0.2) is 0 Å². The molecule has 1 saturated heterocycles. The Balaban J connectivity index is 1.69. The van der Waals surface area contributed by atoms with Crippen LogP contribution in [-0.4, -0.2) is 36.2 Å². The summed E-state index contributed by atoms with van der Waals surface area (Å²) in [5.41, 5.74) is 4.18. The number of aromatic nitrogens is 1. The number of nitrogens with one attached hydrogen (secondary N) is 1. The van der Waals surface area contributed by atoms with Gasteiger partial charge in [0.25, 0.3) is 0 Å². The molecular weight excluding hydrogens is 302 g/mol. The van der Waals surface area contributed by atoms with Gasteiger partial charge in [0.2, 0.25) is 0 Å². The van der Waals surface area contributed by atoms with Crippen LogP contribution in [0.4, 0.5) is 0 Å². The molecule has 2 aromatic rings. The van der Waals surface area contributed by atoms with Gasteiger partial charge < -0.3 is 9.88 Å². The van der Waals surface area contributed by atoms with Gasteiger partial charge in [0, 0.05) is 29.9 Å². The molecule has 0 aromatic carbocycles. The predicted molar refractivity (Wildman–Crippen MR) is 98.6 cm³/mol. The maximum Gasteiger partial charge on any atom is 0.0596 e. The first-order valence-corrected chi connectivity index (χ1v) is 9.33. The third-order valence-electron chi connectivity index (χ3n) is 5.06. The highest BCUT2D eigenvalue weighted by Gasteiger charge is 2.24. The van der Waals surface area contributed by atoms with Crippen molar-refractivity contribution in [3.63, 3.8) is 0 Å². The Hall–Kier alpha value is -1.65. The number of H-pyrrole nitrogens is 1. The fourth-order valence-corrected chi connectivity index (χ4v) is 4.39. The number of thiophene rings is 1. The lowest BCUT2D eigenvalue weighted by Gasteiger charge is -2.28. The molecule has 0 aliphatic carbocycles. The van der Waals surface area contributed by atoms with Crippen LogP contribution < -0.4 is 0 Å². The van der Waals surface area contributed by atoms with E-state index in [0.717, 1.165) is 6.42 Å². The van der Waals surface area contributed by atoms with E-state index in [1.807, 2.05) is 23.8 Å². The number of rotatable bonds is 3. The number of nitrogens with zero attached hydrogens (tertiary/aromatic N) is 2. The molecule has 0 saturated carbocycles. The van der Waals surface area contributed by atoms with Crippen molar-refractivity contribution in [3.8, 4) is 10.6 Å². The van der Waals surface area contributed by atoms with Gasteiger partial charge in [-0.05, 0) is 62.5 Å². The molecule has 4 heterocycles. The minimum atomic E-state index is 0.445. The van der Waals surface area contributed by atoms with Crippen molar-refractivity contribution in [2.45, 2.75) is 31.1 Å². The van der Waals surface area contributed by atoms with Gasteiger partial charge in [0.05, 0.1) is 10.6 Å². The summed E-state index contributed by atoms with van der Waals surface area (Å²) in [6.45, 7) is 2.40. The molecule has 1 unspecified atom stereocenters. The summed E-state index contributed by atoms with van der Waals surface area (Å²) in [5, 5.41) is 2.16. The number of likely N-dealkylation sites (tertiary alicyclic amines) is 1. The van der Waals surface area contributed by atoms with E-state index in [0.29, 0.717) is 11.8 Å². The molecule has 3 nitrogen and oxygen atoms in total. The zero-order valence-corrected chi connectivity index (χ0v) is 14.4. The fourth-order valence-electron chi connectivity index (χ4n) is 3.65. The Morgan fingerprint density at radius 3 is 2.87 bits per heavy atom. The molecule has 1 N–H and O–H groups in total. The second kappa shape index (κ2) is 6.46. The van der Waals surface area contributed by atoms with Crippen molar-refractivity contribution in [2.75, 3.05) is 20.1 Å². The molecule has 0 spiro atoms. The van der Waals surface area contributed by atoms with E-state index in [-0.39, 0.29) is 0 Å². The summed E-state index contributed by atoms with van der Waals surface area (Å²) < 4.78 is 0. The molecule has 4 rings (SSSR count). The first kappa shape index (κ1) is 14.9. The molecule has 0 radical (unpaired) electrons. The highest BCUT2D eigenvalue weighted by atomic mass is 32.1. The van der Waals surface area contributed by atoms with Crippen molar-refractivity contribution < 1.29 is 0 Å². The largest absolute Gasteiger partial charge is 0.357 e. The lowest BCUT2D eigenvalue weighted by Crippen LogP contribution is -2.29. The molecule has 2 aliphatic heterocycles. The Morgan fingerprint density at radius 1 is 1.30 bits per heavy atom. The van der Waals surface area contributed by atoms with Crippen LogP contribution in [0.3, 0.4) is 0 Å².